The van der Waals surface area contributed by atoms with Gasteiger partial charge in [0.1, 0.15) is 30.0 Å². The van der Waals surface area contributed by atoms with Crippen molar-refractivity contribution in [3.63, 3.8) is 0 Å². The van der Waals surface area contributed by atoms with Gasteiger partial charge in [-0.25, -0.2) is 4.79 Å². The van der Waals surface area contributed by atoms with Gasteiger partial charge in [-0.15, -0.1) is 0 Å². The molecule has 3 aromatic rings. The van der Waals surface area contributed by atoms with Gasteiger partial charge in [0.15, 0.2) is 5.78 Å². The molecule has 4 unspecified atom stereocenters. The van der Waals surface area contributed by atoms with Crippen molar-refractivity contribution >= 4 is 29.7 Å². The van der Waals surface area contributed by atoms with Crippen LogP contribution in [0.4, 0.5) is 4.79 Å². The summed E-state index contributed by atoms with van der Waals surface area (Å²) in [6.07, 6.45) is -1.61. The number of ketones is 1. The first-order valence-electron chi connectivity index (χ1n) is 14.7. The summed E-state index contributed by atoms with van der Waals surface area (Å²) in [5, 5.41) is 17.1. The molecule has 0 spiro atoms. The number of alkyl carbamates (subject to hydrolysis) is 1. The minimum absolute atomic E-state index is 0.0141. The molecule has 1 aliphatic heterocycles. The van der Waals surface area contributed by atoms with Crippen LogP contribution in [0.2, 0.25) is 0 Å². The zero-order valence-electron chi connectivity index (χ0n) is 25.6. The molecule has 4 rings (SSSR count). The number of Topliss-reactive ketones (excluding diaryl/α,β-unsaturated/α-hetero) is 1. The molecule has 1 heterocycles. The molecule has 3 amide bonds. The average molecular weight is 632 g/mol. The number of rotatable bonds is 16. The Labute approximate surface area is 266 Å². The number of ether oxygens (including phenoxy) is 3. The monoisotopic (exact) mass is 631 g/mol. The van der Waals surface area contributed by atoms with E-state index in [1.807, 2.05) is 30.3 Å². The minimum atomic E-state index is -1.56. The summed E-state index contributed by atoms with van der Waals surface area (Å²) < 4.78 is 15.7. The maximum atomic E-state index is 13.8. The second-order valence-electron chi connectivity index (χ2n) is 11.1. The molecule has 4 atom stereocenters. The van der Waals surface area contributed by atoms with Crippen LogP contribution in [0.5, 0.6) is 5.75 Å². The average Bonchev–Trinajstić information content (AvgIpc) is 3.81. The SMILES string of the molecule is COc1ccc(CC(NC(=O)C(CC(=O)O)NC(=O)OCc2ccccc2)C(=O)NC(Cc2ccccc2)C(=O)C2(C)CO2)cc1. The van der Waals surface area contributed by atoms with Crippen molar-refractivity contribution in [1.82, 2.24) is 16.0 Å². The van der Waals surface area contributed by atoms with Crippen LogP contribution in [-0.4, -0.2) is 72.2 Å². The Hall–Kier alpha value is -5.23. The van der Waals surface area contributed by atoms with Crippen molar-refractivity contribution in [1.29, 1.82) is 0 Å². The quantitative estimate of drug-likeness (QED) is 0.173. The zero-order valence-corrected chi connectivity index (χ0v) is 25.6. The smallest absolute Gasteiger partial charge is 0.408 e. The third-order valence-electron chi connectivity index (χ3n) is 7.45. The Morgan fingerprint density at radius 2 is 1.28 bits per heavy atom. The highest BCUT2D eigenvalue weighted by molar-refractivity contribution is 5.99. The summed E-state index contributed by atoms with van der Waals surface area (Å²) in [5.74, 6) is -2.68. The molecule has 12 nitrogen and oxygen atoms in total. The lowest BCUT2D eigenvalue weighted by molar-refractivity contribution is -0.140. The third-order valence-corrected chi connectivity index (χ3v) is 7.45. The van der Waals surface area contributed by atoms with Crippen LogP contribution in [0.25, 0.3) is 0 Å². The number of methoxy groups -OCH3 is 1. The van der Waals surface area contributed by atoms with E-state index in [1.54, 1.807) is 61.5 Å². The summed E-state index contributed by atoms with van der Waals surface area (Å²) >= 11 is 0. The van der Waals surface area contributed by atoms with Crippen molar-refractivity contribution in [3.8, 4) is 5.75 Å². The number of hydrogen-bond acceptors (Lipinski definition) is 8. The fourth-order valence-corrected chi connectivity index (χ4v) is 4.72. The van der Waals surface area contributed by atoms with Gasteiger partial charge in [0.25, 0.3) is 0 Å². The van der Waals surface area contributed by atoms with E-state index in [0.29, 0.717) is 16.9 Å². The predicted octanol–water partition coefficient (Wildman–Crippen LogP) is 2.58. The molecule has 0 radical (unpaired) electrons. The lowest BCUT2D eigenvalue weighted by Gasteiger charge is -2.26. The summed E-state index contributed by atoms with van der Waals surface area (Å²) in [7, 11) is 1.51. The number of hydrogen-bond donors (Lipinski definition) is 4. The number of aliphatic carboxylic acids is 1. The first-order valence-corrected chi connectivity index (χ1v) is 14.7. The molecular formula is C34H37N3O9. The maximum absolute atomic E-state index is 13.8. The van der Waals surface area contributed by atoms with E-state index in [1.165, 1.54) is 7.11 Å². The Morgan fingerprint density at radius 3 is 1.85 bits per heavy atom. The molecule has 0 bridgehead atoms. The molecule has 1 fully saturated rings. The lowest BCUT2D eigenvalue weighted by atomic mass is 9.94. The number of epoxide rings is 1. The fraction of sp³-hybridized carbons (Fsp3) is 0.324. The number of carbonyl (C=O) groups is 5. The maximum Gasteiger partial charge on any atom is 0.408 e. The summed E-state index contributed by atoms with van der Waals surface area (Å²) in [6.45, 7) is 1.77. The standard InChI is InChI=1S/C34H37N3O9/c1-34(21-46-34)30(40)26(17-22-9-5-3-6-10-22)35-31(41)27(18-23-13-15-25(44-2)16-14-23)36-32(42)28(19-29(38)39)37-33(43)45-20-24-11-7-4-8-12-24/h3-16,26-28H,17-21H2,1-2H3,(H,35,41)(H,36,42)(H,37,43)(H,38,39). The number of nitrogens with one attached hydrogen (secondary N) is 3. The van der Waals surface area contributed by atoms with Gasteiger partial charge in [0.05, 0.1) is 26.2 Å². The number of carboxylic acid groups (broad SMARTS) is 1. The van der Waals surface area contributed by atoms with Crippen molar-refractivity contribution in [2.45, 2.75) is 56.5 Å². The molecule has 0 saturated carbocycles. The number of carboxylic acids is 1. The molecule has 1 saturated heterocycles. The molecule has 242 valence electrons. The van der Waals surface area contributed by atoms with E-state index in [2.05, 4.69) is 16.0 Å². The highest BCUT2D eigenvalue weighted by Gasteiger charge is 2.50. The van der Waals surface area contributed by atoms with E-state index in [4.69, 9.17) is 14.2 Å². The van der Waals surface area contributed by atoms with Crippen molar-refractivity contribution in [2.24, 2.45) is 0 Å². The predicted molar refractivity (Wildman–Crippen MR) is 166 cm³/mol. The van der Waals surface area contributed by atoms with Crippen LogP contribution in [0.15, 0.2) is 84.9 Å². The van der Waals surface area contributed by atoms with Crippen molar-refractivity contribution in [2.75, 3.05) is 13.7 Å². The number of amides is 3. The Balaban J connectivity index is 1.52. The van der Waals surface area contributed by atoms with E-state index in [9.17, 15) is 29.1 Å². The van der Waals surface area contributed by atoms with Gasteiger partial charge in [0, 0.05) is 6.42 Å². The van der Waals surface area contributed by atoms with E-state index >= 15 is 0 Å². The Kier molecular flexibility index (Phi) is 11.5. The Bertz CT molecular complexity index is 1510. The van der Waals surface area contributed by atoms with Gasteiger partial charge in [-0.1, -0.05) is 72.8 Å². The summed E-state index contributed by atoms with van der Waals surface area (Å²) in [5.41, 5.74) is 1.12. The van der Waals surface area contributed by atoms with Crippen LogP contribution in [0.1, 0.15) is 30.0 Å². The molecule has 12 heteroatoms. The molecule has 0 aromatic heterocycles. The second kappa shape index (κ2) is 15.7. The summed E-state index contributed by atoms with van der Waals surface area (Å²) in [6, 6.07) is 21.0. The van der Waals surface area contributed by atoms with Crippen LogP contribution in [0, 0.1) is 0 Å². The van der Waals surface area contributed by atoms with Crippen molar-refractivity contribution < 1.29 is 43.3 Å². The molecule has 46 heavy (non-hydrogen) atoms. The fourth-order valence-electron chi connectivity index (χ4n) is 4.72. The van der Waals surface area contributed by atoms with E-state index in [0.717, 1.165) is 5.56 Å². The first kappa shape index (κ1) is 33.7. The summed E-state index contributed by atoms with van der Waals surface area (Å²) in [4.78, 5) is 64.8. The topological polar surface area (TPSA) is 173 Å². The van der Waals surface area contributed by atoms with Crippen LogP contribution >= 0.6 is 0 Å². The molecular weight excluding hydrogens is 594 g/mol. The Morgan fingerprint density at radius 1 is 0.761 bits per heavy atom. The van der Waals surface area contributed by atoms with Gasteiger partial charge < -0.3 is 35.3 Å². The van der Waals surface area contributed by atoms with Crippen molar-refractivity contribution in [3.05, 3.63) is 102 Å². The highest BCUT2D eigenvalue weighted by Crippen LogP contribution is 2.29. The highest BCUT2D eigenvalue weighted by atomic mass is 16.6. The third kappa shape index (κ3) is 9.89. The second-order valence-corrected chi connectivity index (χ2v) is 11.1. The van der Waals surface area contributed by atoms with Crippen LogP contribution < -0.4 is 20.7 Å². The number of benzene rings is 3. The minimum Gasteiger partial charge on any atom is -0.497 e. The van der Waals surface area contributed by atoms with Crippen LogP contribution in [0.3, 0.4) is 0 Å². The van der Waals surface area contributed by atoms with Gasteiger partial charge in [0.2, 0.25) is 11.8 Å². The zero-order chi connectivity index (χ0) is 33.1. The van der Waals surface area contributed by atoms with Gasteiger partial charge in [-0.05, 0) is 42.2 Å². The van der Waals surface area contributed by atoms with Gasteiger partial charge >= 0.3 is 12.1 Å². The molecule has 3 aromatic carbocycles. The van der Waals surface area contributed by atoms with Crippen LogP contribution in [-0.2, 0) is 48.1 Å². The van der Waals surface area contributed by atoms with Gasteiger partial charge in [-0.3, -0.25) is 19.2 Å². The first-order chi connectivity index (χ1) is 22.1. The van der Waals surface area contributed by atoms with E-state index < -0.39 is 54.0 Å². The van der Waals surface area contributed by atoms with Gasteiger partial charge in [-0.2, -0.15) is 0 Å². The molecule has 4 N–H and O–H groups in total. The largest absolute Gasteiger partial charge is 0.497 e. The lowest BCUT2D eigenvalue weighted by Crippen LogP contribution is -2.57. The molecule has 0 aliphatic carbocycles. The molecule has 1 aliphatic rings. The number of carbonyl (C=O) groups excluding carboxylic acids is 4. The normalized spacial score (nSPS) is 17.0. The van der Waals surface area contributed by atoms with E-state index in [-0.39, 0.29) is 31.8 Å².